The molecule has 0 bridgehead atoms. The molecule has 1 atom stereocenters. The lowest BCUT2D eigenvalue weighted by Gasteiger charge is -2.13. The fraction of sp³-hybridized carbons (Fsp3) is 0.429. The molecule has 1 rings (SSSR count). The summed E-state index contributed by atoms with van der Waals surface area (Å²) in [7, 11) is 0. The summed E-state index contributed by atoms with van der Waals surface area (Å²) in [6, 6.07) is 7.24. The second-order valence-corrected chi connectivity index (χ2v) is 5.52. The fourth-order valence-electron chi connectivity index (χ4n) is 1.39. The minimum absolute atomic E-state index is 0.233. The molecule has 0 aliphatic carbocycles. The van der Waals surface area contributed by atoms with Gasteiger partial charge < -0.3 is 15.2 Å². The Morgan fingerprint density at radius 1 is 1.47 bits per heavy atom. The maximum Gasteiger partial charge on any atom is 0.138 e. The summed E-state index contributed by atoms with van der Waals surface area (Å²) in [5, 5.41) is 13.5. The zero-order valence-electron chi connectivity index (χ0n) is 10.8. The van der Waals surface area contributed by atoms with Crippen LogP contribution >= 0.6 is 23.4 Å². The molecule has 1 unspecified atom stereocenters. The number of para-hydroxylation sites is 1. The molecule has 3 nitrogen and oxygen atoms in total. The number of halogens is 1. The number of benzene rings is 1. The van der Waals surface area contributed by atoms with E-state index in [0.29, 0.717) is 17.3 Å². The standard InChI is InChI=1S/C14H20ClNO2S/c1-2-8-19-9-7-16-10-12(17)11-18-14-6-4-3-5-13(14)15/h2-6,12,16-17H,1,7-11H2. The van der Waals surface area contributed by atoms with E-state index in [2.05, 4.69) is 11.9 Å². The van der Waals surface area contributed by atoms with E-state index < -0.39 is 6.10 Å². The highest BCUT2D eigenvalue weighted by atomic mass is 35.5. The number of hydrogen-bond acceptors (Lipinski definition) is 4. The number of hydrogen-bond donors (Lipinski definition) is 2. The molecule has 0 aromatic heterocycles. The first kappa shape index (κ1) is 16.4. The van der Waals surface area contributed by atoms with Crippen LogP contribution in [0.15, 0.2) is 36.9 Å². The number of ether oxygens (including phenoxy) is 1. The minimum atomic E-state index is -0.541. The highest BCUT2D eigenvalue weighted by Crippen LogP contribution is 2.22. The number of nitrogens with one attached hydrogen (secondary N) is 1. The molecule has 0 amide bonds. The summed E-state index contributed by atoms with van der Waals surface area (Å²) in [4.78, 5) is 0. The minimum Gasteiger partial charge on any atom is -0.489 e. The molecule has 106 valence electrons. The topological polar surface area (TPSA) is 41.5 Å². The van der Waals surface area contributed by atoms with Gasteiger partial charge in [0.2, 0.25) is 0 Å². The Balaban J connectivity index is 2.09. The van der Waals surface area contributed by atoms with Gasteiger partial charge in [-0.25, -0.2) is 0 Å². The zero-order valence-corrected chi connectivity index (χ0v) is 12.4. The maximum absolute atomic E-state index is 9.75. The third-order valence-corrected chi connectivity index (χ3v) is 3.58. The molecule has 0 aliphatic heterocycles. The Labute approximate surface area is 124 Å². The first-order valence-corrected chi connectivity index (χ1v) is 7.72. The van der Waals surface area contributed by atoms with E-state index in [9.17, 15) is 5.11 Å². The molecule has 0 aliphatic rings. The molecular formula is C14H20ClNO2S. The average Bonchev–Trinajstić information content (AvgIpc) is 2.42. The van der Waals surface area contributed by atoms with Gasteiger partial charge >= 0.3 is 0 Å². The van der Waals surface area contributed by atoms with Gasteiger partial charge in [0.25, 0.3) is 0 Å². The zero-order chi connectivity index (χ0) is 13.9. The van der Waals surface area contributed by atoms with Gasteiger partial charge in [-0.1, -0.05) is 29.8 Å². The van der Waals surface area contributed by atoms with Gasteiger partial charge in [0.05, 0.1) is 5.02 Å². The summed E-state index contributed by atoms with van der Waals surface area (Å²) in [6.45, 7) is 5.27. The first-order valence-electron chi connectivity index (χ1n) is 6.18. The van der Waals surface area contributed by atoms with Crippen molar-refractivity contribution in [3.05, 3.63) is 41.9 Å². The van der Waals surface area contributed by atoms with Gasteiger partial charge in [-0.15, -0.1) is 6.58 Å². The molecule has 0 saturated heterocycles. The first-order chi connectivity index (χ1) is 9.24. The van der Waals surface area contributed by atoms with Crippen molar-refractivity contribution in [2.24, 2.45) is 0 Å². The van der Waals surface area contributed by atoms with Crippen molar-refractivity contribution in [1.29, 1.82) is 0 Å². The lowest BCUT2D eigenvalue weighted by atomic mass is 10.3. The van der Waals surface area contributed by atoms with Gasteiger partial charge in [0.1, 0.15) is 18.5 Å². The lowest BCUT2D eigenvalue weighted by molar-refractivity contribution is 0.107. The van der Waals surface area contributed by atoms with E-state index in [0.717, 1.165) is 18.1 Å². The Bertz CT molecular complexity index is 376. The monoisotopic (exact) mass is 301 g/mol. The van der Waals surface area contributed by atoms with Crippen molar-refractivity contribution < 1.29 is 9.84 Å². The van der Waals surface area contributed by atoms with E-state index >= 15 is 0 Å². The van der Waals surface area contributed by atoms with Crippen LogP contribution in [0.3, 0.4) is 0 Å². The quantitative estimate of drug-likeness (QED) is 0.515. The van der Waals surface area contributed by atoms with Crippen LogP contribution < -0.4 is 10.1 Å². The normalized spacial score (nSPS) is 12.1. The molecule has 0 spiro atoms. The third kappa shape index (κ3) is 7.47. The van der Waals surface area contributed by atoms with Crippen molar-refractivity contribution in [2.75, 3.05) is 31.2 Å². The third-order valence-electron chi connectivity index (χ3n) is 2.31. The lowest BCUT2D eigenvalue weighted by Crippen LogP contribution is -2.32. The van der Waals surface area contributed by atoms with Gasteiger partial charge in [0.15, 0.2) is 0 Å². The Morgan fingerprint density at radius 2 is 2.26 bits per heavy atom. The van der Waals surface area contributed by atoms with Crippen molar-refractivity contribution in [1.82, 2.24) is 5.32 Å². The molecule has 0 fully saturated rings. The number of aliphatic hydroxyl groups is 1. The molecule has 2 N–H and O–H groups in total. The second-order valence-electron chi connectivity index (χ2n) is 3.96. The maximum atomic E-state index is 9.75. The molecule has 1 aromatic carbocycles. The average molecular weight is 302 g/mol. The summed E-state index contributed by atoms with van der Waals surface area (Å²) in [6.07, 6.45) is 1.34. The van der Waals surface area contributed by atoms with Gasteiger partial charge in [-0.3, -0.25) is 0 Å². The fourth-order valence-corrected chi connectivity index (χ4v) is 2.20. The Kier molecular flexibility index (Phi) is 8.75. The Morgan fingerprint density at radius 3 is 3.00 bits per heavy atom. The van der Waals surface area contributed by atoms with E-state index in [4.69, 9.17) is 16.3 Å². The summed E-state index contributed by atoms with van der Waals surface area (Å²) in [5.74, 6) is 2.56. The smallest absolute Gasteiger partial charge is 0.138 e. The Hall–Kier alpha value is -0.680. The van der Waals surface area contributed by atoms with Crippen molar-refractivity contribution >= 4 is 23.4 Å². The van der Waals surface area contributed by atoms with Gasteiger partial charge in [-0.05, 0) is 12.1 Å². The van der Waals surface area contributed by atoms with E-state index in [1.54, 1.807) is 23.9 Å². The molecule has 19 heavy (non-hydrogen) atoms. The SMILES string of the molecule is C=CCSCCNCC(O)COc1ccccc1Cl. The van der Waals surface area contributed by atoms with Crippen LogP contribution in [-0.4, -0.2) is 42.4 Å². The molecule has 0 saturated carbocycles. The predicted octanol–water partition coefficient (Wildman–Crippen LogP) is 2.59. The van der Waals surface area contributed by atoms with Crippen LogP contribution in [0.2, 0.25) is 5.02 Å². The van der Waals surface area contributed by atoms with Crippen molar-refractivity contribution in [3.63, 3.8) is 0 Å². The summed E-state index contributed by atoms with van der Waals surface area (Å²) in [5.41, 5.74) is 0. The summed E-state index contributed by atoms with van der Waals surface area (Å²) >= 11 is 7.76. The van der Waals surface area contributed by atoms with E-state index in [1.165, 1.54) is 0 Å². The highest BCUT2D eigenvalue weighted by Gasteiger charge is 2.06. The van der Waals surface area contributed by atoms with Gasteiger partial charge in [0, 0.05) is 24.6 Å². The van der Waals surface area contributed by atoms with Crippen LogP contribution in [0.4, 0.5) is 0 Å². The molecule has 0 radical (unpaired) electrons. The van der Waals surface area contributed by atoms with Crippen LogP contribution in [-0.2, 0) is 0 Å². The summed E-state index contributed by atoms with van der Waals surface area (Å²) < 4.78 is 5.45. The molecule has 1 aromatic rings. The number of rotatable bonds is 10. The van der Waals surface area contributed by atoms with Crippen LogP contribution in [0.25, 0.3) is 0 Å². The number of aliphatic hydroxyl groups excluding tert-OH is 1. The number of thioether (sulfide) groups is 1. The van der Waals surface area contributed by atoms with Crippen LogP contribution in [0, 0.1) is 0 Å². The predicted molar refractivity (Wildman–Crippen MR) is 83.3 cm³/mol. The molecule has 5 heteroatoms. The van der Waals surface area contributed by atoms with Crippen LogP contribution in [0.5, 0.6) is 5.75 Å². The largest absolute Gasteiger partial charge is 0.489 e. The van der Waals surface area contributed by atoms with E-state index in [-0.39, 0.29) is 6.61 Å². The second kappa shape index (κ2) is 10.1. The molecular weight excluding hydrogens is 282 g/mol. The van der Waals surface area contributed by atoms with Gasteiger partial charge in [-0.2, -0.15) is 11.8 Å². The van der Waals surface area contributed by atoms with Crippen LogP contribution in [0.1, 0.15) is 0 Å². The van der Waals surface area contributed by atoms with Crippen molar-refractivity contribution in [2.45, 2.75) is 6.10 Å². The van der Waals surface area contributed by atoms with E-state index in [1.807, 2.05) is 18.2 Å². The highest BCUT2D eigenvalue weighted by molar-refractivity contribution is 7.99. The molecule has 0 heterocycles. The van der Waals surface area contributed by atoms with Crippen molar-refractivity contribution in [3.8, 4) is 5.75 Å².